The van der Waals surface area contributed by atoms with E-state index in [4.69, 9.17) is 16.7 Å². The Balaban J connectivity index is 1.22. The van der Waals surface area contributed by atoms with Crippen molar-refractivity contribution >= 4 is 29.2 Å². The third kappa shape index (κ3) is 5.57. The highest BCUT2D eigenvalue weighted by Crippen LogP contribution is 2.30. The normalized spacial score (nSPS) is 16.3. The van der Waals surface area contributed by atoms with Gasteiger partial charge >= 0.3 is 0 Å². The first-order valence-corrected chi connectivity index (χ1v) is 12.7. The van der Waals surface area contributed by atoms with Crippen LogP contribution >= 0.6 is 11.6 Å². The van der Waals surface area contributed by atoms with E-state index in [1.807, 2.05) is 59.3 Å². The molecule has 182 valence electrons. The van der Waals surface area contributed by atoms with E-state index in [1.54, 1.807) is 4.90 Å². The van der Waals surface area contributed by atoms with Gasteiger partial charge in [-0.2, -0.15) is 5.10 Å². The molecule has 1 fully saturated rings. The van der Waals surface area contributed by atoms with Gasteiger partial charge in [-0.15, -0.1) is 0 Å². The highest BCUT2D eigenvalue weighted by Gasteiger charge is 2.26. The summed E-state index contributed by atoms with van der Waals surface area (Å²) in [5.41, 5.74) is 3.37. The van der Waals surface area contributed by atoms with Crippen molar-refractivity contribution in [3.8, 4) is 11.3 Å². The minimum Gasteiger partial charge on any atom is -0.351 e. The van der Waals surface area contributed by atoms with Gasteiger partial charge < -0.3 is 10.2 Å². The van der Waals surface area contributed by atoms with Crippen LogP contribution in [0.25, 0.3) is 11.3 Å². The average molecular weight is 492 g/mol. The Morgan fingerprint density at radius 3 is 2.46 bits per heavy atom. The minimum atomic E-state index is -0.0618. The molecular weight excluding hydrogens is 462 g/mol. The zero-order valence-electron chi connectivity index (χ0n) is 19.8. The van der Waals surface area contributed by atoms with Gasteiger partial charge in [0.25, 0.3) is 5.91 Å². The number of fused-ring (bicyclic) bond motifs is 1. The van der Waals surface area contributed by atoms with Crippen LogP contribution in [0.1, 0.15) is 41.6 Å². The lowest BCUT2D eigenvalue weighted by Gasteiger charge is -2.27. The number of nitrogens with zero attached hydrogens (tertiary/aromatic N) is 4. The summed E-state index contributed by atoms with van der Waals surface area (Å²) in [5.74, 6) is 0.790. The fourth-order valence-electron chi connectivity index (χ4n) is 4.74. The van der Waals surface area contributed by atoms with Crippen LogP contribution in [0.4, 0.5) is 5.82 Å². The van der Waals surface area contributed by atoms with Crippen molar-refractivity contribution in [3.63, 3.8) is 0 Å². The molecule has 5 rings (SSSR count). The summed E-state index contributed by atoms with van der Waals surface area (Å²) in [7, 11) is 0. The van der Waals surface area contributed by atoms with E-state index in [9.17, 15) is 9.59 Å². The van der Waals surface area contributed by atoms with Crippen LogP contribution < -0.4 is 10.2 Å². The Labute approximate surface area is 210 Å². The molecular formula is C27H30ClN5O2. The first-order valence-electron chi connectivity index (χ1n) is 12.3. The van der Waals surface area contributed by atoms with Crippen LogP contribution in [0.2, 0.25) is 5.02 Å². The van der Waals surface area contributed by atoms with Crippen LogP contribution in [-0.4, -0.2) is 52.7 Å². The second-order valence-electron chi connectivity index (χ2n) is 9.20. The van der Waals surface area contributed by atoms with Gasteiger partial charge in [0.1, 0.15) is 5.82 Å². The number of benzene rings is 2. The van der Waals surface area contributed by atoms with Gasteiger partial charge in [0.15, 0.2) is 0 Å². The van der Waals surface area contributed by atoms with Crippen LogP contribution in [0, 0.1) is 0 Å². The van der Waals surface area contributed by atoms with Crippen molar-refractivity contribution in [2.75, 3.05) is 31.1 Å². The molecule has 2 aliphatic rings. The summed E-state index contributed by atoms with van der Waals surface area (Å²) >= 11 is 6.02. The molecule has 0 saturated carbocycles. The van der Waals surface area contributed by atoms with Crippen molar-refractivity contribution in [2.24, 2.45) is 0 Å². The van der Waals surface area contributed by atoms with Crippen molar-refractivity contribution < 1.29 is 9.59 Å². The molecule has 3 heterocycles. The maximum atomic E-state index is 12.8. The predicted molar refractivity (Wildman–Crippen MR) is 138 cm³/mol. The molecule has 1 N–H and O–H groups in total. The average Bonchev–Trinajstić information content (AvgIpc) is 3.32. The standard InChI is InChI=1S/C27H30ClN5O2/c28-23-10-8-21(9-11-23)24-18-25-32(26(34)12-16-33(25)30-24)19-20-4-6-22(7-5-20)27(35)29-13-17-31-14-2-1-3-15-31/h4-11,18H,1-3,12-17,19H2,(H,29,35). The maximum absolute atomic E-state index is 12.8. The van der Waals surface area contributed by atoms with Crippen molar-refractivity contribution in [2.45, 2.75) is 38.8 Å². The molecule has 0 radical (unpaired) electrons. The number of piperidine rings is 1. The monoisotopic (exact) mass is 491 g/mol. The lowest BCUT2D eigenvalue weighted by atomic mass is 10.1. The Morgan fingerprint density at radius 1 is 0.971 bits per heavy atom. The Kier molecular flexibility index (Phi) is 7.16. The Hall–Kier alpha value is -3.16. The molecule has 2 aliphatic heterocycles. The van der Waals surface area contributed by atoms with E-state index >= 15 is 0 Å². The van der Waals surface area contributed by atoms with Gasteiger partial charge in [-0.05, 0) is 55.8 Å². The van der Waals surface area contributed by atoms with Gasteiger partial charge in [0.05, 0.1) is 18.8 Å². The summed E-state index contributed by atoms with van der Waals surface area (Å²) in [6.45, 7) is 4.80. The largest absolute Gasteiger partial charge is 0.351 e. The fourth-order valence-corrected chi connectivity index (χ4v) is 4.87. The van der Waals surface area contributed by atoms with Crippen molar-refractivity contribution in [1.82, 2.24) is 20.0 Å². The highest BCUT2D eigenvalue weighted by molar-refractivity contribution is 6.30. The predicted octanol–water partition coefficient (Wildman–Crippen LogP) is 4.36. The van der Waals surface area contributed by atoms with E-state index in [1.165, 1.54) is 19.3 Å². The maximum Gasteiger partial charge on any atom is 0.251 e. The molecule has 2 amide bonds. The summed E-state index contributed by atoms with van der Waals surface area (Å²) in [6.07, 6.45) is 4.21. The Morgan fingerprint density at radius 2 is 1.71 bits per heavy atom. The van der Waals surface area contributed by atoms with Crippen molar-refractivity contribution in [3.05, 3.63) is 70.7 Å². The molecule has 0 atom stereocenters. The fraction of sp³-hybridized carbons (Fsp3) is 0.370. The van der Waals surface area contributed by atoms with Gasteiger partial charge in [-0.1, -0.05) is 42.3 Å². The second kappa shape index (κ2) is 10.6. The number of halogens is 1. The summed E-state index contributed by atoms with van der Waals surface area (Å²) in [4.78, 5) is 29.5. The van der Waals surface area contributed by atoms with Gasteiger partial charge in [0.2, 0.25) is 5.91 Å². The van der Waals surface area contributed by atoms with E-state index in [0.717, 1.165) is 42.3 Å². The lowest BCUT2D eigenvalue weighted by Crippen LogP contribution is -2.37. The van der Waals surface area contributed by atoms with Crippen LogP contribution in [0.5, 0.6) is 0 Å². The van der Waals surface area contributed by atoms with Crippen LogP contribution in [-0.2, 0) is 17.9 Å². The van der Waals surface area contributed by atoms with Crippen molar-refractivity contribution in [1.29, 1.82) is 0 Å². The SMILES string of the molecule is O=C(NCCN1CCCCC1)c1ccc(CN2C(=O)CCn3nc(-c4ccc(Cl)cc4)cc32)cc1. The van der Waals surface area contributed by atoms with Gasteiger partial charge in [0, 0.05) is 41.7 Å². The molecule has 1 saturated heterocycles. The minimum absolute atomic E-state index is 0.0618. The molecule has 0 spiro atoms. The number of amides is 2. The number of hydrogen-bond donors (Lipinski definition) is 1. The summed E-state index contributed by atoms with van der Waals surface area (Å²) in [5, 5.41) is 8.40. The van der Waals surface area contributed by atoms with Gasteiger partial charge in [-0.25, -0.2) is 4.68 Å². The topological polar surface area (TPSA) is 70.5 Å². The third-order valence-electron chi connectivity index (χ3n) is 6.73. The highest BCUT2D eigenvalue weighted by atomic mass is 35.5. The van der Waals surface area contributed by atoms with E-state index in [-0.39, 0.29) is 11.8 Å². The number of carbonyl (C=O) groups is 2. The van der Waals surface area contributed by atoms with Crippen LogP contribution in [0.3, 0.4) is 0 Å². The first kappa shape index (κ1) is 23.6. The summed E-state index contributed by atoms with van der Waals surface area (Å²) < 4.78 is 1.88. The first-order chi connectivity index (χ1) is 17.1. The zero-order valence-corrected chi connectivity index (χ0v) is 20.5. The second-order valence-corrected chi connectivity index (χ2v) is 9.64. The van der Waals surface area contributed by atoms with E-state index in [2.05, 4.69) is 10.2 Å². The molecule has 8 heteroatoms. The third-order valence-corrected chi connectivity index (χ3v) is 6.98. The molecule has 35 heavy (non-hydrogen) atoms. The molecule has 2 aromatic carbocycles. The molecule has 0 bridgehead atoms. The number of nitrogens with one attached hydrogen (secondary N) is 1. The quantitative estimate of drug-likeness (QED) is 0.533. The number of carbonyl (C=O) groups excluding carboxylic acids is 2. The Bertz CT molecular complexity index is 1180. The molecule has 7 nitrogen and oxygen atoms in total. The van der Waals surface area contributed by atoms with Gasteiger partial charge in [-0.3, -0.25) is 14.5 Å². The zero-order chi connectivity index (χ0) is 24.2. The van der Waals surface area contributed by atoms with E-state index in [0.29, 0.717) is 36.6 Å². The summed E-state index contributed by atoms with van der Waals surface area (Å²) in [6, 6.07) is 17.0. The number of aryl methyl sites for hydroxylation is 1. The molecule has 0 aliphatic carbocycles. The number of hydrogen-bond acceptors (Lipinski definition) is 4. The van der Waals surface area contributed by atoms with E-state index < -0.39 is 0 Å². The molecule has 3 aromatic rings. The number of likely N-dealkylation sites (tertiary alicyclic amines) is 1. The molecule has 0 unspecified atom stereocenters. The van der Waals surface area contributed by atoms with Crippen LogP contribution in [0.15, 0.2) is 54.6 Å². The molecule has 1 aromatic heterocycles. The number of rotatable bonds is 7. The number of aromatic nitrogens is 2. The lowest BCUT2D eigenvalue weighted by molar-refractivity contribution is -0.119. The number of anilines is 1. The smallest absolute Gasteiger partial charge is 0.251 e.